The monoisotopic (exact) mass is 304 g/mol. The smallest absolute Gasteiger partial charge is 0.134 e. The Labute approximate surface area is 126 Å². The minimum atomic E-state index is -0.317. The van der Waals surface area contributed by atoms with Gasteiger partial charge in [-0.2, -0.15) is 0 Å². The summed E-state index contributed by atoms with van der Waals surface area (Å²) in [5.74, 6) is 5.35. The zero-order chi connectivity index (χ0) is 14.8. The number of nitrogens with two attached hydrogens (primary N) is 1. The number of hydrogen-bond acceptors (Lipinski definition) is 3. The SMILES string of the molecule is NNC(Cc1cc(F)ccc1Cl)c1coc2ccccc12. The molecule has 0 radical (unpaired) electrons. The van der Waals surface area contributed by atoms with Gasteiger partial charge in [0, 0.05) is 16.0 Å². The van der Waals surface area contributed by atoms with Crippen LogP contribution >= 0.6 is 11.6 Å². The lowest BCUT2D eigenvalue weighted by atomic mass is 9.99. The summed E-state index contributed by atoms with van der Waals surface area (Å²) in [6, 6.07) is 11.8. The van der Waals surface area contributed by atoms with Gasteiger partial charge in [0.15, 0.2) is 0 Å². The second-order valence-electron chi connectivity index (χ2n) is 4.85. The first kappa shape index (κ1) is 14.1. The van der Waals surface area contributed by atoms with E-state index in [1.54, 1.807) is 12.3 Å². The number of fused-ring (bicyclic) bond motifs is 1. The third kappa shape index (κ3) is 2.78. The summed E-state index contributed by atoms with van der Waals surface area (Å²) < 4.78 is 18.9. The summed E-state index contributed by atoms with van der Waals surface area (Å²) in [4.78, 5) is 0. The van der Waals surface area contributed by atoms with E-state index in [0.29, 0.717) is 17.0 Å². The number of furan rings is 1. The van der Waals surface area contributed by atoms with Crippen LogP contribution in [0.1, 0.15) is 17.2 Å². The van der Waals surface area contributed by atoms with Crippen LogP contribution in [-0.4, -0.2) is 0 Å². The predicted octanol–water partition coefficient (Wildman–Crippen LogP) is 3.97. The molecule has 3 aromatic rings. The Morgan fingerprint density at radius 1 is 1.24 bits per heavy atom. The lowest BCUT2D eigenvalue weighted by Gasteiger charge is -2.16. The Morgan fingerprint density at radius 2 is 2.05 bits per heavy atom. The molecule has 0 aliphatic carbocycles. The molecule has 1 heterocycles. The van der Waals surface area contributed by atoms with E-state index in [1.807, 2.05) is 24.3 Å². The standard InChI is InChI=1S/C16H14ClFN2O/c17-14-6-5-11(18)7-10(14)8-15(20-19)13-9-21-16-4-2-1-3-12(13)16/h1-7,9,15,20H,8,19H2. The van der Waals surface area contributed by atoms with Gasteiger partial charge in [-0.25, -0.2) is 4.39 Å². The highest BCUT2D eigenvalue weighted by Crippen LogP contribution is 2.30. The molecule has 2 aromatic carbocycles. The number of hydrogen-bond donors (Lipinski definition) is 2. The molecule has 21 heavy (non-hydrogen) atoms. The molecule has 5 heteroatoms. The molecule has 1 unspecified atom stereocenters. The molecule has 0 saturated heterocycles. The van der Waals surface area contributed by atoms with Gasteiger partial charge in [-0.3, -0.25) is 11.3 Å². The van der Waals surface area contributed by atoms with Gasteiger partial charge in [-0.15, -0.1) is 0 Å². The molecule has 108 valence electrons. The molecule has 3 N–H and O–H groups in total. The Balaban J connectivity index is 1.97. The molecular weight excluding hydrogens is 291 g/mol. The van der Waals surface area contributed by atoms with Crippen LogP contribution in [-0.2, 0) is 6.42 Å². The van der Waals surface area contributed by atoms with Gasteiger partial charge >= 0.3 is 0 Å². The van der Waals surface area contributed by atoms with Gasteiger partial charge in [0.2, 0.25) is 0 Å². The topological polar surface area (TPSA) is 51.2 Å². The van der Waals surface area contributed by atoms with Gasteiger partial charge in [0.1, 0.15) is 11.4 Å². The van der Waals surface area contributed by atoms with E-state index >= 15 is 0 Å². The van der Waals surface area contributed by atoms with Crippen LogP contribution in [0.3, 0.4) is 0 Å². The molecule has 0 fully saturated rings. The highest BCUT2D eigenvalue weighted by Gasteiger charge is 2.18. The van der Waals surface area contributed by atoms with Gasteiger partial charge in [0.05, 0.1) is 12.3 Å². The first-order valence-corrected chi connectivity index (χ1v) is 6.93. The zero-order valence-corrected chi connectivity index (χ0v) is 11.9. The van der Waals surface area contributed by atoms with Crippen molar-refractivity contribution in [3.63, 3.8) is 0 Å². The van der Waals surface area contributed by atoms with E-state index in [4.69, 9.17) is 21.9 Å². The molecule has 0 aliphatic heterocycles. The molecule has 3 nitrogen and oxygen atoms in total. The van der Waals surface area contributed by atoms with Crippen molar-refractivity contribution < 1.29 is 8.81 Å². The fourth-order valence-corrected chi connectivity index (χ4v) is 2.64. The maximum absolute atomic E-state index is 13.4. The summed E-state index contributed by atoms with van der Waals surface area (Å²) in [5, 5.41) is 1.50. The number of halogens is 2. The van der Waals surface area contributed by atoms with E-state index < -0.39 is 0 Å². The molecule has 0 bridgehead atoms. The van der Waals surface area contributed by atoms with Crippen molar-refractivity contribution in [2.45, 2.75) is 12.5 Å². The van der Waals surface area contributed by atoms with Crippen LogP contribution in [0, 0.1) is 5.82 Å². The lowest BCUT2D eigenvalue weighted by Crippen LogP contribution is -2.29. The Kier molecular flexibility index (Phi) is 3.92. The largest absolute Gasteiger partial charge is 0.464 e. The van der Waals surface area contributed by atoms with Crippen LogP contribution < -0.4 is 11.3 Å². The maximum Gasteiger partial charge on any atom is 0.134 e. The van der Waals surface area contributed by atoms with Crippen molar-refractivity contribution in [1.82, 2.24) is 5.43 Å². The minimum Gasteiger partial charge on any atom is -0.464 e. The maximum atomic E-state index is 13.4. The fourth-order valence-electron chi connectivity index (χ4n) is 2.45. The van der Waals surface area contributed by atoms with Crippen molar-refractivity contribution in [3.8, 4) is 0 Å². The summed E-state index contributed by atoms with van der Waals surface area (Å²) in [6.07, 6.45) is 2.14. The Hall–Kier alpha value is -1.88. The average molecular weight is 305 g/mol. The molecule has 0 saturated carbocycles. The van der Waals surface area contributed by atoms with E-state index in [2.05, 4.69) is 5.43 Å². The lowest BCUT2D eigenvalue weighted by molar-refractivity contribution is 0.534. The van der Waals surface area contributed by atoms with Crippen molar-refractivity contribution in [1.29, 1.82) is 0 Å². The highest BCUT2D eigenvalue weighted by atomic mass is 35.5. The normalized spacial score (nSPS) is 12.7. The van der Waals surface area contributed by atoms with Crippen molar-refractivity contribution in [2.75, 3.05) is 0 Å². The molecule has 0 amide bonds. The number of rotatable bonds is 4. The van der Waals surface area contributed by atoms with Crippen LogP contribution in [0.25, 0.3) is 11.0 Å². The van der Waals surface area contributed by atoms with Gasteiger partial charge in [0.25, 0.3) is 0 Å². The number of nitrogens with one attached hydrogen (secondary N) is 1. The third-order valence-corrected chi connectivity index (χ3v) is 3.89. The average Bonchev–Trinajstić information content (AvgIpc) is 2.92. The van der Waals surface area contributed by atoms with Crippen LogP contribution in [0.2, 0.25) is 5.02 Å². The molecule has 1 aromatic heterocycles. The molecule has 3 rings (SSSR count). The predicted molar refractivity (Wildman–Crippen MR) is 81.4 cm³/mol. The molecule has 0 spiro atoms. The Bertz CT molecular complexity index is 772. The quantitative estimate of drug-likeness (QED) is 0.566. The number of benzene rings is 2. The summed E-state index contributed by atoms with van der Waals surface area (Å²) in [5.41, 5.74) is 5.16. The number of para-hydroxylation sites is 1. The van der Waals surface area contributed by atoms with E-state index in [9.17, 15) is 4.39 Å². The zero-order valence-electron chi connectivity index (χ0n) is 11.1. The first-order valence-electron chi connectivity index (χ1n) is 6.55. The van der Waals surface area contributed by atoms with E-state index in [1.165, 1.54) is 12.1 Å². The first-order chi connectivity index (χ1) is 10.2. The second kappa shape index (κ2) is 5.85. The summed E-state index contributed by atoms with van der Waals surface area (Å²) in [7, 11) is 0. The van der Waals surface area contributed by atoms with Gasteiger partial charge < -0.3 is 4.42 Å². The fraction of sp³-hybridized carbons (Fsp3) is 0.125. The summed E-state index contributed by atoms with van der Waals surface area (Å²) in [6.45, 7) is 0. The van der Waals surface area contributed by atoms with Crippen molar-refractivity contribution >= 4 is 22.6 Å². The number of hydrazine groups is 1. The second-order valence-corrected chi connectivity index (χ2v) is 5.25. The van der Waals surface area contributed by atoms with E-state index in [0.717, 1.165) is 16.5 Å². The van der Waals surface area contributed by atoms with Crippen LogP contribution in [0.5, 0.6) is 0 Å². The Morgan fingerprint density at radius 3 is 2.86 bits per heavy atom. The van der Waals surface area contributed by atoms with Crippen LogP contribution in [0.4, 0.5) is 4.39 Å². The molecule has 0 aliphatic rings. The minimum absolute atomic E-state index is 0.215. The highest BCUT2D eigenvalue weighted by molar-refractivity contribution is 6.31. The molecule has 1 atom stereocenters. The van der Waals surface area contributed by atoms with Crippen molar-refractivity contribution in [3.05, 3.63) is 70.7 Å². The van der Waals surface area contributed by atoms with Crippen molar-refractivity contribution in [2.24, 2.45) is 5.84 Å². The van der Waals surface area contributed by atoms with Gasteiger partial charge in [-0.05, 0) is 36.2 Å². The molecular formula is C16H14ClFN2O. The summed E-state index contributed by atoms with van der Waals surface area (Å²) >= 11 is 6.12. The van der Waals surface area contributed by atoms with Gasteiger partial charge in [-0.1, -0.05) is 29.8 Å². The van der Waals surface area contributed by atoms with Crippen LogP contribution in [0.15, 0.2) is 53.1 Å². The van der Waals surface area contributed by atoms with E-state index in [-0.39, 0.29) is 11.9 Å². The third-order valence-electron chi connectivity index (χ3n) is 3.52.